The maximum Gasteiger partial charge on any atom is 0.407 e. The third-order valence-electron chi connectivity index (χ3n) is 2.59. The molecular weight excluding hydrogens is 255 g/mol. The average molecular weight is 270 g/mol. The standard InChI is InChI=1S/C12H15FN2O4/c1-14(12(17)18)7-9-5-4-8(6-10(9)13)11(16)15(2)19-3/h4-6H,7H2,1-3H3,(H,17,18). The molecule has 19 heavy (non-hydrogen) atoms. The second-order valence-electron chi connectivity index (χ2n) is 3.93. The van der Waals surface area contributed by atoms with E-state index >= 15 is 0 Å². The molecule has 6 nitrogen and oxygen atoms in total. The smallest absolute Gasteiger partial charge is 0.407 e. The minimum atomic E-state index is -1.15. The highest BCUT2D eigenvalue weighted by Gasteiger charge is 2.15. The maximum absolute atomic E-state index is 13.8. The summed E-state index contributed by atoms with van der Waals surface area (Å²) >= 11 is 0. The van der Waals surface area contributed by atoms with Crippen LogP contribution in [0.3, 0.4) is 0 Å². The van der Waals surface area contributed by atoms with Crippen molar-refractivity contribution in [3.05, 3.63) is 35.1 Å². The second kappa shape index (κ2) is 6.14. The highest BCUT2D eigenvalue weighted by Crippen LogP contribution is 2.14. The Morgan fingerprint density at radius 3 is 2.47 bits per heavy atom. The number of hydrogen-bond acceptors (Lipinski definition) is 3. The highest BCUT2D eigenvalue weighted by atomic mass is 19.1. The van der Waals surface area contributed by atoms with Gasteiger partial charge in [0, 0.05) is 25.2 Å². The van der Waals surface area contributed by atoms with Crippen LogP contribution in [-0.4, -0.2) is 48.3 Å². The van der Waals surface area contributed by atoms with Crippen LogP contribution in [0.25, 0.3) is 0 Å². The second-order valence-corrected chi connectivity index (χ2v) is 3.93. The highest BCUT2D eigenvalue weighted by molar-refractivity contribution is 5.93. The number of nitrogens with zero attached hydrogens (tertiary/aromatic N) is 2. The average Bonchev–Trinajstić information content (AvgIpc) is 2.38. The van der Waals surface area contributed by atoms with Gasteiger partial charge in [0.2, 0.25) is 0 Å². The zero-order valence-corrected chi connectivity index (χ0v) is 10.9. The Labute approximate surface area is 109 Å². The fourth-order valence-electron chi connectivity index (χ4n) is 1.40. The summed E-state index contributed by atoms with van der Waals surface area (Å²) < 4.78 is 13.8. The Bertz CT molecular complexity index is 493. The SMILES string of the molecule is CON(C)C(=O)c1ccc(CN(C)C(=O)O)c(F)c1. The molecule has 1 aromatic rings. The van der Waals surface area contributed by atoms with Crippen molar-refractivity contribution < 1.29 is 23.9 Å². The summed E-state index contributed by atoms with van der Waals surface area (Å²) in [5.41, 5.74) is 0.324. The third kappa shape index (κ3) is 3.65. The fourth-order valence-corrected chi connectivity index (χ4v) is 1.40. The van der Waals surface area contributed by atoms with E-state index in [4.69, 9.17) is 9.94 Å². The van der Waals surface area contributed by atoms with Crippen molar-refractivity contribution in [1.82, 2.24) is 9.96 Å². The number of hydroxylamine groups is 2. The molecule has 0 aliphatic rings. The molecule has 1 rings (SSSR count). The summed E-state index contributed by atoms with van der Waals surface area (Å²) in [4.78, 5) is 28.0. The lowest BCUT2D eigenvalue weighted by molar-refractivity contribution is -0.0757. The number of carbonyl (C=O) groups is 2. The van der Waals surface area contributed by atoms with Gasteiger partial charge in [0.15, 0.2) is 0 Å². The van der Waals surface area contributed by atoms with Gasteiger partial charge >= 0.3 is 6.09 Å². The molecule has 0 bridgehead atoms. The van der Waals surface area contributed by atoms with Crippen LogP contribution in [0.5, 0.6) is 0 Å². The number of carbonyl (C=O) groups excluding carboxylic acids is 1. The largest absolute Gasteiger partial charge is 0.465 e. The summed E-state index contributed by atoms with van der Waals surface area (Å²) in [6.45, 7) is -0.0875. The lowest BCUT2D eigenvalue weighted by Gasteiger charge is -2.16. The van der Waals surface area contributed by atoms with Crippen LogP contribution < -0.4 is 0 Å². The predicted molar refractivity (Wildman–Crippen MR) is 65.0 cm³/mol. The van der Waals surface area contributed by atoms with E-state index < -0.39 is 17.8 Å². The first-order valence-electron chi connectivity index (χ1n) is 5.41. The summed E-state index contributed by atoms with van der Waals surface area (Å²) in [6.07, 6.45) is -1.15. The lowest BCUT2D eigenvalue weighted by atomic mass is 10.1. The molecule has 0 heterocycles. The molecule has 0 spiro atoms. The lowest BCUT2D eigenvalue weighted by Crippen LogP contribution is -2.26. The van der Waals surface area contributed by atoms with Gasteiger partial charge in [-0.3, -0.25) is 9.63 Å². The van der Waals surface area contributed by atoms with Crippen LogP contribution in [0.1, 0.15) is 15.9 Å². The van der Waals surface area contributed by atoms with Gasteiger partial charge in [-0.15, -0.1) is 0 Å². The summed E-state index contributed by atoms with van der Waals surface area (Å²) in [5.74, 6) is -1.12. The van der Waals surface area contributed by atoms with Gasteiger partial charge in [0.05, 0.1) is 13.7 Å². The van der Waals surface area contributed by atoms with Crippen LogP contribution in [0, 0.1) is 5.82 Å². The van der Waals surface area contributed by atoms with Gasteiger partial charge < -0.3 is 10.0 Å². The van der Waals surface area contributed by atoms with Crippen molar-refractivity contribution in [3.63, 3.8) is 0 Å². The summed E-state index contributed by atoms with van der Waals surface area (Å²) in [7, 11) is 4.07. The Hall–Kier alpha value is -2.15. The van der Waals surface area contributed by atoms with E-state index in [0.29, 0.717) is 0 Å². The van der Waals surface area contributed by atoms with E-state index in [-0.39, 0.29) is 17.7 Å². The number of amides is 2. The summed E-state index contributed by atoms with van der Waals surface area (Å²) in [5, 5.41) is 9.68. The van der Waals surface area contributed by atoms with Crippen LogP contribution >= 0.6 is 0 Å². The van der Waals surface area contributed by atoms with E-state index in [1.54, 1.807) is 0 Å². The van der Waals surface area contributed by atoms with Crippen LogP contribution in [0.4, 0.5) is 9.18 Å². The minimum Gasteiger partial charge on any atom is -0.465 e. The first kappa shape index (κ1) is 14.9. The number of benzene rings is 1. The Morgan fingerprint density at radius 1 is 1.37 bits per heavy atom. The summed E-state index contributed by atoms with van der Waals surface area (Å²) in [6, 6.07) is 3.86. The first-order valence-corrected chi connectivity index (χ1v) is 5.41. The molecule has 7 heteroatoms. The van der Waals surface area contributed by atoms with Crippen molar-refractivity contribution in [2.45, 2.75) is 6.54 Å². The molecule has 0 aliphatic heterocycles. The van der Waals surface area contributed by atoms with E-state index in [1.165, 1.54) is 33.3 Å². The van der Waals surface area contributed by atoms with Crippen LogP contribution in [0.2, 0.25) is 0 Å². The van der Waals surface area contributed by atoms with E-state index in [1.807, 2.05) is 0 Å². The van der Waals surface area contributed by atoms with Gasteiger partial charge in [0.1, 0.15) is 5.82 Å². The van der Waals surface area contributed by atoms with Crippen LogP contribution in [0.15, 0.2) is 18.2 Å². The van der Waals surface area contributed by atoms with Gasteiger partial charge in [-0.2, -0.15) is 0 Å². The van der Waals surface area contributed by atoms with Crippen molar-refractivity contribution in [1.29, 1.82) is 0 Å². The zero-order valence-electron chi connectivity index (χ0n) is 10.9. The monoisotopic (exact) mass is 270 g/mol. The number of carboxylic acid groups (broad SMARTS) is 1. The Balaban J connectivity index is 2.91. The number of rotatable bonds is 4. The van der Waals surface area contributed by atoms with Crippen molar-refractivity contribution in [3.8, 4) is 0 Å². The molecule has 0 radical (unpaired) electrons. The molecule has 2 amide bonds. The molecule has 0 fully saturated rings. The minimum absolute atomic E-state index is 0.0875. The van der Waals surface area contributed by atoms with Gasteiger partial charge in [-0.25, -0.2) is 14.2 Å². The fraction of sp³-hybridized carbons (Fsp3) is 0.333. The van der Waals surface area contributed by atoms with Gasteiger partial charge in [-0.05, 0) is 12.1 Å². The third-order valence-corrected chi connectivity index (χ3v) is 2.59. The molecule has 0 saturated carbocycles. The predicted octanol–water partition coefficient (Wildman–Crippen LogP) is 1.57. The van der Waals surface area contributed by atoms with Crippen LogP contribution in [-0.2, 0) is 11.4 Å². The van der Waals surface area contributed by atoms with E-state index in [9.17, 15) is 14.0 Å². The molecular formula is C12H15FN2O4. The zero-order chi connectivity index (χ0) is 14.6. The topological polar surface area (TPSA) is 70.1 Å². The van der Waals surface area contributed by atoms with Crippen molar-refractivity contribution >= 4 is 12.0 Å². The molecule has 0 aromatic heterocycles. The Morgan fingerprint density at radius 2 is 2.00 bits per heavy atom. The Kier molecular flexibility index (Phi) is 4.82. The van der Waals surface area contributed by atoms with Gasteiger partial charge in [0.25, 0.3) is 5.91 Å². The molecule has 104 valence electrons. The molecule has 0 saturated heterocycles. The molecule has 0 unspecified atom stereocenters. The number of halogens is 1. The first-order chi connectivity index (χ1) is 8.86. The van der Waals surface area contributed by atoms with E-state index in [2.05, 4.69) is 0 Å². The molecule has 0 atom stereocenters. The van der Waals surface area contributed by atoms with Crippen molar-refractivity contribution in [2.24, 2.45) is 0 Å². The maximum atomic E-state index is 13.8. The van der Waals surface area contributed by atoms with Crippen molar-refractivity contribution in [2.75, 3.05) is 21.2 Å². The molecule has 1 N–H and O–H groups in total. The normalized spacial score (nSPS) is 10.1. The van der Waals surface area contributed by atoms with E-state index in [0.717, 1.165) is 16.0 Å². The molecule has 1 aromatic carbocycles. The quantitative estimate of drug-likeness (QED) is 0.843. The molecule has 0 aliphatic carbocycles. The van der Waals surface area contributed by atoms with Gasteiger partial charge in [-0.1, -0.05) is 6.07 Å². The number of hydrogen-bond donors (Lipinski definition) is 1.